The van der Waals surface area contributed by atoms with Gasteiger partial charge in [0.2, 0.25) is 5.91 Å². The molecule has 5 heteroatoms. The van der Waals surface area contributed by atoms with Crippen LogP contribution < -0.4 is 0 Å². The molecule has 0 spiro atoms. The van der Waals surface area contributed by atoms with Crippen LogP contribution in [0.3, 0.4) is 0 Å². The van der Waals surface area contributed by atoms with Crippen LogP contribution in [-0.2, 0) is 17.6 Å². The topological polar surface area (TPSA) is 62.1 Å². The van der Waals surface area contributed by atoms with E-state index in [0.717, 1.165) is 38.1 Å². The summed E-state index contributed by atoms with van der Waals surface area (Å²) in [6.07, 6.45) is 7.92. The fraction of sp³-hybridized carbons (Fsp3) is 0.529. The molecule has 22 heavy (non-hydrogen) atoms. The van der Waals surface area contributed by atoms with Crippen molar-refractivity contribution in [3.05, 3.63) is 41.6 Å². The number of nitrogens with zero attached hydrogens (tertiary/aromatic N) is 2. The molecular formula is C17H23N3O2. The molecule has 3 rings (SSSR count). The zero-order valence-corrected chi connectivity index (χ0v) is 13.0. The van der Waals surface area contributed by atoms with Crippen LogP contribution in [-0.4, -0.2) is 34.1 Å². The zero-order chi connectivity index (χ0) is 15.4. The second kappa shape index (κ2) is 6.81. The first-order valence-electron chi connectivity index (χ1n) is 8.10. The standard InChI is InChI=1S/C17H23N3O2/c1-2-13-11-18-19-17(13)14-5-3-9-20(12-14)16(21)8-7-15-6-4-10-22-15/h4,6,10-11,14H,2-3,5,7-9,12H2,1H3,(H,18,19). The lowest BCUT2D eigenvalue weighted by molar-refractivity contribution is -0.132. The number of nitrogens with one attached hydrogen (secondary N) is 1. The van der Waals surface area contributed by atoms with Gasteiger partial charge in [0.1, 0.15) is 5.76 Å². The van der Waals surface area contributed by atoms with Gasteiger partial charge in [-0.15, -0.1) is 0 Å². The first kappa shape index (κ1) is 14.9. The number of rotatable bonds is 5. The number of aromatic amines is 1. The lowest BCUT2D eigenvalue weighted by atomic mass is 9.91. The van der Waals surface area contributed by atoms with Crippen LogP contribution in [0.15, 0.2) is 29.0 Å². The van der Waals surface area contributed by atoms with Crippen LogP contribution >= 0.6 is 0 Å². The molecule has 118 valence electrons. The Labute approximate surface area is 130 Å². The summed E-state index contributed by atoms with van der Waals surface area (Å²) in [7, 11) is 0. The van der Waals surface area contributed by atoms with Gasteiger partial charge in [0, 0.05) is 37.5 Å². The highest BCUT2D eigenvalue weighted by molar-refractivity contribution is 5.76. The summed E-state index contributed by atoms with van der Waals surface area (Å²) in [5.41, 5.74) is 2.49. The molecule has 3 heterocycles. The minimum atomic E-state index is 0.221. The summed E-state index contributed by atoms with van der Waals surface area (Å²) in [4.78, 5) is 14.4. The average Bonchev–Trinajstić information content (AvgIpc) is 3.23. The first-order valence-corrected chi connectivity index (χ1v) is 8.10. The van der Waals surface area contributed by atoms with Gasteiger partial charge < -0.3 is 9.32 Å². The maximum absolute atomic E-state index is 12.4. The van der Waals surface area contributed by atoms with Crippen molar-refractivity contribution >= 4 is 5.91 Å². The van der Waals surface area contributed by atoms with E-state index < -0.39 is 0 Å². The number of amides is 1. The maximum atomic E-state index is 12.4. The van der Waals surface area contributed by atoms with E-state index >= 15 is 0 Å². The number of piperidine rings is 1. The number of carbonyl (C=O) groups is 1. The molecule has 1 aliphatic heterocycles. The quantitative estimate of drug-likeness (QED) is 0.923. The number of furan rings is 1. The third kappa shape index (κ3) is 3.24. The molecule has 0 bridgehead atoms. The lowest BCUT2D eigenvalue weighted by Gasteiger charge is -2.32. The van der Waals surface area contributed by atoms with Crippen molar-refractivity contribution in [2.75, 3.05) is 13.1 Å². The third-order valence-electron chi connectivity index (χ3n) is 4.48. The largest absolute Gasteiger partial charge is 0.469 e. The van der Waals surface area contributed by atoms with E-state index in [4.69, 9.17) is 4.42 Å². The first-order chi connectivity index (χ1) is 10.8. The van der Waals surface area contributed by atoms with Crippen LogP contribution in [0.2, 0.25) is 0 Å². The van der Waals surface area contributed by atoms with Crippen LogP contribution in [0.4, 0.5) is 0 Å². The van der Waals surface area contributed by atoms with E-state index in [0.29, 0.717) is 18.8 Å². The fourth-order valence-electron chi connectivity index (χ4n) is 3.24. The second-order valence-corrected chi connectivity index (χ2v) is 5.92. The van der Waals surface area contributed by atoms with Crippen molar-refractivity contribution in [3.63, 3.8) is 0 Å². The number of hydrogen-bond donors (Lipinski definition) is 1. The van der Waals surface area contributed by atoms with Gasteiger partial charge in [-0.2, -0.15) is 5.10 Å². The minimum Gasteiger partial charge on any atom is -0.469 e. The van der Waals surface area contributed by atoms with Crippen molar-refractivity contribution in [1.29, 1.82) is 0 Å². The van der Waals surface area contributed by atoms with E-state index in [1.54, 1.807) is 6.26 Å². The second-order valence-electron chi connectivity index (χ2n) is 5.92. The molecule has 0 saturated carbocycles. The highest BCUT2D eigenvalue weighted by Gasteiger charge is 2.26. The Kier molecular flexibility index (Phi) is 4.61. The predicted molar refractivity (Wildman–Crippen MR) is 83.5 cm³/mol. The van der Waals surface area contributed by atoms with E-state index in [1.807, 2.05) is 23.2 Å². The monoisotopic (exact) mass is 301 g/mol. The normalized spacial score (nSPS) is 18.6. The number of carbonyl (C=O) groups excluding carboxylic acids is 1. The van der Waals surface area contributed by atoms with Gasteiger partial charge in [-0.3, -0.25) is 9.89 Å². The minimum absolute atomic E-state index is 0.221. The van der Waals surface area contributed by atoms with Crippen LogP contribution in [0.25, 0.3) is 0 Å². The molecule has 1 aliphatic rings. The number of H-pyrrole nitrogens is 1. The van der Waals surface area contributed by atoms with E-state index in [9.17, 15) is 4.79 Å². The number of hydrogen-bond acceptors (Lipinski definition) is 3. The van der Waals surface area contributed by atoms with E-state index in [1.165, 1.54) is 11.3 Å². The SMILES string of the molecule is CCc1cn[nH]c1C1CCCN(C(=O)CCc2ccco2)C1. The third-order valence-corrected chi connectivity index (χ3v) is 4.48. The lowest BCUT2D eigenvalue weighted by Crippen LogP contribution is -2.39. The summed E-state index contributed by atoms with van der Waals surface area (Å²) in [6, 6.07) is 3.78. The molecule has 1 saturated heterocycles. The summed E-state index contributed by atoms with van der Waals surface area (Å²) in [5.74, 6) is 1.49. The van der Waals surface area contributed by atoms with E-state index in [-0.39, 0.29) is 5.91 Å². The van der Waals surface area contributed by atoms with Gasteiger partial charge in [0.05, 0.1) is 12.5 Å². The van der Waals surface area contributed by atoms with E-state index in [2.05, 4.69) is 17.1 Å². The highest BCUT2D eigenvalue weighted by Crippen LogP contribution is 2.28. The van der Waals surface area contributed by atoms with Crippen LogP contribution in [0, 0.1) is 0 Å². The Balaban J connectivity index is 1.59. The molecule has 2 aromatic heterocycles. The van der Waals surface area contributed by atoms with Gasteiger partial charge in [0.15, 0.2) is 0 Å². The maximum Gasteiger partial charge on any atom is 0.223 e. The van der Waals surface area contributed by atoms with Gasteiger partial charge in [-0.05, 0) is 37.0 Å². The summed E-state index contributed by atoms with van der Waals surface area (Å²) < 4.78 is 5.30. The molecule has 0 aromatic carbocycles. The summed E-state index contributed by atoms with van der Waals surface area (Å²) >= 11 is 0. The Hall–Kier alpha value is -2.04. The van der Waals surface area contributed by atoms with Gasteiger partial charge >= 0.3 is 0 Å². The molecule has 2 aromatic rings. The average molecular weight is 301 g/mol. The molecule has 1 unspecified atom stereocenters. The Morgan fingerprint density at radius 1 is 1.55 bits per heavy atom. The highest BCUT2D eigenvalue weighted by atomic mass is 16.3. The molecule has 0 radical (unpaired) electrons. The van der Waals surface area contributed by atoms with Crippen molar-refractivity contribution in [2.45, 2.75) is 44.9 Å². The molecule has 1 amide bonds. The number of aryl methyl sites for hydroxylation is 2. The Morgan fingerprint density at radius 2 is 2.45 bits per heavy atom. The smallest absolute Gasteiger partial charge is 0.223 e. The van der Waals surface area contributed by atoms with Crippen molar-refractivity contribution in [1.82, 2.24) is 15.1 Å². The molecule has 5 nitrogen and oxygen atoms in total. The van der Waals surface area contributed by atoms with Gasteiger partial charge in [0.25, 0.3) is 0 Å². The Bertz CT molecular complexity index is 603. The number of likely N-dealkylation sites (tertiary alicyclic amines) is 1. The summed E-state index contributed by atoms with van der Waals surface area (Å²) in [6.45, 7) is 3.80. The predicted octanol–water partition coefficient (Wildman–Crippen LogP) is 2.90. The van der Waals surface area contributed by atoms with Crippen molar-refractivity contribution in [2.24, 2.45) is 0 Å². The molecule has 1 atom stereocenters. The molecule has 0 aliphatic carbocycles. The number of aromatic nitrogens is 2. The zero-order valence-electron chi connectivity index (χ0n) is 13.0. The van der Waals surface area contributed by atoms with Crippen molar-refractivity contribution < 1.29 is 9.21 Å². The summed E-state index contributed by atoms with van der Waals surface area (Å²) in [5, 5.41) is 7.30. The van der Waals surface area contributed by atoms with Crippen LogP contribution in [0.5, 0.6) is 0 Å². The van der Waals surface area contributed by atoms with Gasteiger partial charge in [-0.25, -0.2) is 0 Å². The van der Waals surface area contributed by atoms with Gasteiger partial charge in [-0.1, -0.05) is 6.92 Å². The molecular weight excluding hydrogens is 278 g/mol. The Morgan fingerprint density at radius 3 is 3.23 bits per heavy atom. The van der Waals surface area contributed by atoms with Crippen molar-refractivity contribution in [3.8, 4) is 0 Å². The molecule has 1 N–H and O–H groups in total. The fourth-order valence-corrected chi connectivity index (χ4v) is 3.24. The molecule has 1 fully saturated rings. The van der Waals surface area contributed by atoms with Crippen LogP contribution in [0.1, 0.15) is 49.1 Å².